The second-order valence-electron chi connectivity index (χ2n) is 11.7. The van der Waals surface area contributed by atoms with Gasteiger partial charge in [-0.1, -0.05) is 43.7 Å². The first-order chi connectivity index (χ1) is 20.5. The molecule has 0 aliphatic heterocycles. The molecule has 43 heavy (non-hydrogen) atoms. The number of nitrogens with zero attached hydrogens (tertiary/aromatic N) is 5. The van der Waals surface area contributed by atoms with E-state index in [2.05, 4.69) is 22.5 Å². The number of benzene rings is 2. The highest BCUT2D eigenvalue weighted by Gasteiger charge is 2.31. The van der Waals surface area contributed by atoms with E-state index in [1.165, 1.54) is 7.11 Å². The summed E-state index contributed by atoms with van der Waals surface area (Å²) in [6.07, 6.45) is 3.65. The van der Waals surface area contributed by atoms with Gasteiger partial charge in [0.15, 0.2) is 11.4 Å². The van der Waals surface area contributed by atoms with Crippen LogP contribution in [0.5, 0.6) is 5.75 Å². The van der Waals surface area contributed by atoms with E-state index in [9.17, 15) is 9.59 Å². The van der Waals surface area contributed by atoms with Crippen molar-refractivity contribution >= 4 is 39.6 Å². The number of esters is 1. The minimum Gasteiger partial charge on any atom is -0.476 e. The van der Waals surface area contributed by atoms with Crippen molar-refractivity contribution in [3.05, 3.63) is 59.9 Å². The van der Waals surface area contributed by atoms with Crippen molar-refractivity contribution in [3.63, 3.8) is 0 Å². The van der Waals surface area contributed by atoms with Crippen LogP contribution in [0.4, 0.5) is 5.82 Å². The number of nitrogen functional groups attached to an aromatic ring is 1. The van der Waals surface area contributed by atoms with Gasteiger partial charge in [0.25, 0.3) is 0 Å². The summed E-state index contributed by atoms with van der Waals surface area (Å²) in [4.78, 5) is 38.8. The fourth-order valence-corrected chi connectivity index (χ4v) is 5.26. The van der Waals surface area contributed by atoms with E-state index in [-0.39, 0.29) is 5.91 Å². The molecule has 0 saturated heterocycles. The number of nitrogens with two attached hydrogens (primary N) is 1. The number of aromatic nitrogens is 3. The molecule has 230 valence electrons. The van der Waals surface area contributed by atoms with Gasteiger partial charge >= 0.3 is 5.97 Å². The van der Waals surface area contributed by atoms with Crippen LogP contribution in [0.2, 0.25) is 0 Å². The smallest absolute Gasteiger partial charge is 0.349 e. The SMILES string of the molecule is CCCCc1nc2c(N)nc3ccccc3c2n1CCCN(Cc1cccc(OC(C)(C)C(=O)OC)c1)C(=O)CN(C)C. The molecule has 0 bridgehead atoms. The number of unbranched alkanes of at least 4 members (excludes halogenated alkanes) is 1. The number of fused-ring (bicyclic) bond motifs is 3. The Labute approximate surface area is 253 Å². The number of methoxy groups -OCH3 is 1. The third-order valence-corrected chi connectivity index (χ3v) is 7.38. The highest BCUT2D eigenvalue weighted by Crippen LogP contribution is 2.30. The largest absolute Gasteiger partial charge is 0.476 e. The molecule has 0 atom stereocenters. The fraction of sp³-hybridized carbons (Fsp3) is 0.455. The molecule has 1 amide bonds. The Balaban J connectivity index is 1.59. The van der Waals surface area contributed by atoms with Crippen molar-refractivity contribution in [3.8, 4) is 5.75 Å². The molecule has 0 saturated carbocycles. The number of ether oxygens (including phenoxy) is 2. The average molecular weight is 589 g/mol. The van der Waals surface area contributed by atoms with Gasteiger partial charge in [-0.05, 0) is 64.5 Å². The van der Waals surface area contributed by atoms with Gasteiger partial charge in [0.1, 0.15) is 17.1 Å². The number of aryl methyl sites for hydroxylation is 2. The zero-order valence-corrected chi connectivity index (χ0v) is 26.2. The van der Waals surface area contributed by atoms with E-state index in [1.54, 1.807) is 19.9 Å². The molecule has 4 rings (SSSR count). The lowest BCUT2D eigenvalue weighted by Crippen LogP contribution is -2.39. The lowest BCUT2D eigenvalue weighted by Gasteiger charge is -2.26. The van der Waals surface area contributed by atoms with Gasteiger partial charge in [-0.3, -0.25) is 4.79 Å². The number of rotatable bonds is 14. The molecule has 0 radical (unpaired) electrons. The molecule has 2 heterocycles. The predicted molar refractivity (Wildman–Crippen MR) is 170 cm³/mol. The van der Waals surface area contributed by atoms with Gasteiger partial charge in [-0.25, -0.2) is 14.8 Å². The monoisotopic (exact) mass is 588 g/mol. The van der Waals surface area contributed by atoms with Crippen LogP contribution in [0.3, 0.4) is 0 Å². The van der Waals surface area contributed by atoms with Gasteiger partial charge < -0.3 is 29.6 Å². The minimum atomic E-state index is -1.14. The average Bonchev–Trinajstić information content (AvgIpc) is 3.33. The van der Waals surface area contributed by atoms with Gasteiger partial charge in [-0.2, -0.15) is 0 Å². The van der Waals surface area contributed by atoms with Gasteiger partial charge in [0.2, 0.25) is 5.91 Å². The standard InChI is InChI=1S/C33H44N6O4/c1-7-8-17-27-36-29-30(25-15-9-10-16-26(25)35-31(29)34)39(27)19-12-18-38(28(40)22-37(4)5)21-23-13-11-14-24(20-23)43-33(2,3)32(41)42-6/h9-11,13-16,20H,7-8,12,17-19,21-22H2,1-6H3,(H2,34,35). The molecule has 0 spiro atoms. The van der Waals surface area contributed by atoms with Gasteiger partial charge in [0.05, 0.1) is 24.7 Å². The van der Waals surface area contributed by atoms with Crippen LogP contribution >= 0.6 is 0 Å². The molecule has 2 N–H and O–H groups in total. The van der Waals surface area contributed by atoms with E-state index in [1.807, 2.05) is 60.3 Å². The number of amides is 1. The number of hydrogen-bond donors (Lipinski definition) is 1. The van der Waals surface area contributed by atoms with Crippen molar-refractivity contribution in [2.24, 2.45) is 0 Å². The summed E-state index contributed by atoms with van der Waals surface area (Å²) in [5, 5.41) is 1.02. The zero-order valence-electron chi connectivity index (χ0n) is 26.2. The van der Waals surface area contributed by atoms with E-state index in [4.69, 9.17) is 20.2 Å². The second-order valence-corrected chi connectivity index (χ2v) is 11.7. The van der Waals surface area contributed by atoms with Crippen LogP contribution in [0.15, 0.2) is 48.5 Å². The lowest BCUT2D eigenvalue weighted by atomic mass is 10.1. The van der Waals surface area contributed by atoms with Crippen LogP contribution in [-0.4, -0.2) is 76.1 Å². The molecule has 0 unspecified atom stereocenters. The normalized spacial score (nSPS) is 11.8. The molecule has 2 aromatic carbocycles. The van der Waals surface area contributed by atoms with Gasteiger partial charge in [-0.15, -0.1) is 0 Å². The quantitative estimate of drug-likeness (QED) is 0.209. The summed E-state index contributed by atoms with van der Waals surface area (Å²) in [5.74, 6) is 1.54. The van der Waals surface area contributed by atoms with Gasteiger partial charge in [0, 0.05) is 31.4 Å². The Hall–Kier alpha value is -4.18. The molecule has 4 aromatic rings. The first-order valence-electron chi connectivity index (χ1n) is 14.9. The maximum atomic E-state index is 13.4. The maximum absolute atomic E-state index is 13.4. The topological polar surface area (TPSA) is 116 Å². The number of anilines is 1. The molecular formula is C33H44N6O4. The van der Waals surface area contributed by atoms with E-state index >= 15 is 0 Å². The van der Waals surface area contributed by atoms with Crippen LogP contribution in [0.1, 0.15) is 51.4 Å². The number of hydrogen-bond acceptors (Lipinski definition) is 8. The highest BCUT2D eigenvalue weighted by molar-refractivity contribution is 6.06. The van der Waals surface area contributed by atoms with Crippen molar-refractivity contribution in [1.82, 2.24) is 24.3 Å². The third-order valence-electron chi connectivity index (χ3n) is 7.38. The Morgan fingerprint density at radius 3 is 2.53 bits per heavy atom. The van der Waals surface area contributed by atoms with Crippen molar-refractivity contribution in [2.75, 3.05) is 40.0 Å². The Bertz CT molecular complexity index is 1580. The number of pyridine rings is 1. The number of para-hydroxylation sites is 1. The third kappa shape index (κ3) is 7.62. The van der Waals surface area contributed by atoms with Crippen LogP contribution in [-0.2, 0) is 33.8 Å². The summed E-state index contributed by atoms with van der Waals surface area (Å²) in [6, 6.07) is 15.5. The molecule has 10 nitrogen and oxygen atoms in total. The zero-order chi connectivity index (χ0) is 31.1. The van der Waals surface area contributed by atoms with Crippen LogP contribution in [0.25, 0.3) is 21.9 Å². The number of carbonyl (C=O) groups excluding carboxylic acids is 2. The maximum Gasteiger partial charge on any atom is 0.349 e. The van der Waals surface area contributed by atoms with Crippen LogP contribution in [0, 0.1) is 0 Å². The summed E-state index contributed by atoms with van der Waals surface area (Å²) in [6.45, 7) is 7.45. The summed E-state index contributed by atoms with van der Waals surface area (Å²) in [7, 11) is 5.12. The van der Waals surface area contributed by atoms with Crippen molar-refractivity contribution in [1.29, 1.82) is 0 Å². The molecular weight excluding hydrogens is 544 g/mol. The van der Waals surface area contributed by atoms with Crippen LogP contribution < -0.4 is 10.5 Å². The molecule has 0 aliphatic carbocycles. The molecule has 10 heteroatoms. The lowest BCUT2D eigenvalue weighted by molar-refractivity contribution is -0.156. The number of likely N-dealkylation sites (N-methyl/N-ethyl adjacent to an activating group) is 1. The summed E-state index contributed by atoms with van der Waals surface area (Å²) < 4.78 is 13.1. The Morgan fingerprint density at radius 1 is 1.05 bits per heavy atom. The predicted octanol–water partition coefficient (Wildman–Crippen LogP) is 4.82. The Kier molecular flexibility index (Phi) is 10.2. The minimum absolute atomic E-state index is 0.0341. The first-order valence-corrected chi connectivity index (χ1v) is 14.9. The van der Waals surface area contributed by atoms with Crippen molar-refractivity contribution < 1.29 is 19.1 Å². The molecule has 0 fully saturated rings. The van der Waals surface area contributed by atoms with E-state index in [0.29, 0.717) is 37.7 Å². The Morgan fingerprint density at radius 2 is 1.81 bits per heavy atom. The summed E-state index contributed by atoms with van der Waals surface area (Å²) in [5.41, 5.74) is 8.72. The van der Waals surface area contributed by atoms with E-state index < -0.39 is 11.6 Å². The van der Waals surface area contributed by atoms with Crippen molar-refractivity contribution in [2.45, 2.75) is 65.1 Å². The number of imidazole rings is 1. The summed E-state index contributed by atoms with van der Waals surface area (Å²) >= 11 is 0. The molecule has 2 aromatic heterocycles. The fourth-order valence-electron chi connectivity index (χ4n) is 5.26. The molecule has 0 aliphatic rings. The second kappa shape index (κ2) is 13.9. The number of carbonyl (C=O) groups is 2. The van der Waals surface area contributed by atoms with E-state index in [0.717, 1.165) is 59.0 Å². The first kappa shape index (κ1) is 31.7. The highest BCUT2D eigenvalue weighted by atomic mass is 16.6.